The average Bonchev–Trinajstić information content (AvgIpc) is 2.49. The van der Waals surface area contributed by atoms with Gasteiger partial charge in [0.05, 0.1) is 0 Å². The van der Waals surface area contributed by atoms with Crippen molar-refractivity contribution in [3.05, 3.63) is 48.0 Å². The van der Waals surface area contributed by atoms with Gasteiger partial charge < -0.3 is 10.6 Å². The number of nitrogens with one attached hydrogen (secondary N) is 2. The molecule has 0 bridgehead atoms. The van der Waals surface area contributed by atoms with E-state index in [4.69, 9.17) is 0 Å². The third kappa shape index (κ3) is 3.13. The van der Waals surface area contributed by atoms with Gasteiger partial charge in [-0.3, -0.25) is 4.90 Å². The molecule has 0 aromatic heterocycles. The maximum atomic E-state index is 3.56. The largest absolute Gasteiger partial charge is 0.314 e. The molecule has 0 unspecified atom stereocenters. The quantitative estimate of drug-likeness (QED) is 0.872. The van der Waals surface area contributed by atoms with Crippen LogP contribution in [0.15, 0.2) is 42.5 Å². The third-order valence-corrected chi connectivity index (χ3v) is 3.74. The first kappa shape index (κ1) is 12.6. The maximum absolute atomic E-state index is 3.56. The van der Waals surface area contributed by atoms with Gasteiger partial charge in [-0.05, 0) is 16.3 Å². The van der Waals surface area contributed by atoms with Crippen LogP contribution in [0.5, 0.6) is 0 Å². The van der Waals surface area contributed by atoms with E-state index in [9.17, 15) is 0 Å². The van der Waals surface area contributed by atoms with Gasteiger partial charge in [0.15, 0.2) is 0 Å². The van der Waals surface area contributed by atoms with Crippen molar-refractivity contribution < 1.29 is 0 Å². The zero-order valence-electron chi connectivity index (χ0n) is 11.2. The second-order valence-corrected chi connectivity index (χ2v) is 5.09. The Labute approximate surface area is 114 Å². The lowest BCUT2D eigenvalue weighted by molar-refractivity contribution is 0.223. The molecule has 1 heterocycles. The van der Waals surface area contributed by atoms with Crippen molar-refractivity contribution in [3.8, 4) is 0 Å². The van der Waals surface area contributed by atoms with Gasteiger partial charge >= 0.3 is 0 Å². The molecule has 2 N–H and O–H groups in total. The number of benzene rings is 2. The Morgan fingerprint density at radius 2 is 1.79 bits per heavy atom. The Balaban J connectivity index is 1.62. The van der Waals surface area contributed by atoms with Gasteiger partial charge in [-0.2, -0.15) is 0 Å². The molecule has 3 nitrogen and oxygen atoms in total. The van der Waals surface area contributed by atoms with Gasteiger partial charge in [-0.1, -0.05) is 42.5 Å². The summed E-state index contributed by atoms with van der Waals surface area (Å²) in [6, 6.07) is 15.1. The maximum Gasteiger partial charge on any atom is 0.0484 e. The van der Waals surface area contributed by atoms with Crippen LogP contribution in [0.3, 0.4) is 0 Å². The molecule has 0 amide bonds. The highest BCUT2D eigenvalue weighted by atomic mass is 15.2. The summed E-state index contributed by atoms with van der Waals surface area (Å²) in [5.41, 5.74) is 1.38. The molecular weight excluding hydrogens is 234 g/mol. The molecule has 0 radical (unpaired) electrons. The van der Waals surface area contributed by atoms with E-state index in [2.05, 4.69) is 58.0 Å². The summed E-state index contributed by atoms with van der Waals surface area (Å²) in [4.78, 5) is 2.46. The second-order valence-electron chi connectivity index (χ2n) is 5.09. The molecule has 19 heavy (non-hydrogen) atoms. The van der Waals surface area contributed by atoms with Gasteiger partial charge in [0.25, 0.3) is 0 Å². The number of piperazine rings is 1. The third-order valence-electron chi connectivity index (χ3n) is 3.74. The molecule has 1 fully saturated rings. The van der Waals surface area contributed by atoms with Gasteiger partial charge in [0.1, 0.15) is 0 Å². The molecule has 2 aromatic rings. The van der Waals surface area contributed by atoms with E-state index < -0.39 is 0 Å². The van der Waals surface area contributed by atoms with Crippen LogP contribution >= 0.6 is 0 Å². The minimum Gasteiger partial charge on any atom is -0.314 e. The van der Waals surface area contributed by atoms with Crippen molar-refractivity contribution in [1.29, 1.82) is 0 Å². The minimum absolute atomic E-state index is 0.936. The average molecular weight is 255 g/mol. The van der Waals surface area contributed by atoms with Crippen molar-refractivity contribution in [1.82, 2.24) is 15.5 Å². The molecule has 2 aromatic carbocycles. The zero-order chi connectivity index (χ0) is 12.9. The first-order valence-electron chi connectivity index (χ1n) is 7.04. The fraction of sp³-hybridized carbons (Fsp3) is 0.375. The molecule has 3 heteroatoms. The molecule has 0 spiro atoms. The standard InChI is InChI=1S/C16H21N3/c1-2-7-16-14(4-1)5-3-6-15(16)12-18-13-19-10-8-17-9-11-19/h1-7,17-18H,8-13H2. The van der Waals surface area contributed by atoms with Crippen molar-refractivity contribution in [2.45, 2.75) is 6.54 Å². The number of nitrogens with zero attached hydrogens (tertiary/aromatic N) is 1. The first-order valence-corrected chi connectivity index (χ1v) is 7.04. The molecule has 3 rings (SSSR count). The first-order chi connectivity index (χ1) is 9.43. The summed E-state index contributed by atoms with van der Waals surface area (Å²) < 4.78 is 0. The van der Waals surface area contributed by atoms with Crippen LogP contribution < -0.4 is 10.6 Å². The van der Waals surface area contributed by atoms with Crippen LogP contribution in [0.4, 0.5) is 0 Å². The highest BCUT2D eigenvalue weighted by molar-refractivity contribution is 5.85. The van der Waals surface area contributed by atoms with Crippen LogP contribution in [0.1, 0.15) is 5.56 Å². The number of hydrogen-bond donors (Lipinski definition) is 2. The summed E-state index contributed by atoms with van der Waals surface area (Å²) in [5.74, 6) is 0. The van der Waals surface area contributed by atoms with Crippen LogP contribution in [0.2, 0.25) is 0 Å². The highest BCUT2D eigenvalue weighted by Gasteiger charge is 2.08. The fourth-order valence-corrected chi connectivity index (χ4v) is 2.66. The van der Waals surface area contributed by atoms with E-state index in [-0.39, 0.29) is 0 Å². The van der Waals surface area contributed by atoms with E-state index >= 15 is 0 Å². The van der Waals surface area contributed by atoms with Gasteiger partial charge in [0.2, 0.25) is 0 Å². The minimum atomic E-state index is 0.936. The van der Waals surface area contributed by atoms with Crippen molar-refractivity contribution in [3.63, 3.8) is 0 Å². The lowest BCUT2D eigenvalue weighted by Gasteiger charge is -2.27. The Morgan fingerprint density at radius 1 is 1.00 bits per heavy atom. The lowest BCUT2D eigenvalue weighted by atomic mass is 10.0. The van der Waals surface area contributed by atoms with E-state index in [0.29, 0.717) is 0 Å². The van der Waals surface area contributed by atoms with E-state index in [0.717, 1.165) is 39.4 Å². The van der Waals surface area contributed by atoms with Crippen molar-refractivity contribution in [2.24, 2.45) is 0 Å². The summed E-state index contributed by atoms with van der Waals surface area (Å²) >= 11 is 0. The van der Waals surface area contributed by atoms with Crippen molar-refractivity contribution >= 4 is 10.8 Å². The Morgan fingerprint density at radius 3 is 2.68 bits per heavy atom. The predicted octanol–water partition coefficient (Wildman–Crippen LogP) is 1.79. The van der Waals surface area contributed by atoms with E-state index in [1.165, 1.54) is 16.3 Å². The Kier molecular flexibility index (Phi) is 4.08. The summed E-state index contributed by atoms with van der Waals surface area (Å²) in [7, 11) is 0. The van der Waals surface area contributed by atoms with Gasteiger partial charge in [0, 0.05) is 39.4 Å². The molecule has 1 saturated heterocycles. The predicted molar refractivity (Wildman–Crippen MR) is 80.1 cm³/mol. The smallest absolute Gasteiger partial charge is 0.0484 e. The summed E-state index contributed by atoms with van der Waals surface area (Å²) in [6.07, 6.45) is 0. The molecule has 1 aliphatic heterocycles. The van der Waals surface area contributed by atoms with Gasteiger partial charge in [-0.25, -0.2) is 0 Å². The molecule has 0 saturated carbocycles. The van der Waals surface area contributed by atoms with Crippen LogP contribution in [0, 0.1) is 0 Å². The zero-order valence-corrected chi connectivity index (χ0v) is 11.2. The molecule has 1 aliphatic rings. The summed E-state index contributed by atoms with van der Waals surface area (Å²) in [5, 5.41) is 9.62. The molecular formula is C16H21N3. The number of hydrogen-bond acceptors (Lipinski definition) is 3. The topological polar surface area (TPSA) is 27.3 Å². The van der Waals surface area contributed by atoms with Crippen LogP contribution in [-0.4, -0.2) is 37.7 Å². The SMILES string of the molecule is c1ccc2c(CNCN3CCNCC3)cccc2c1. The number of rotatable bonds is 4. The van der Waals surface area contributed by atoms with Crippen molar-refractivity contribution in [2.75, 3.05) is 32.8 Å². The molecule has 0 aliphatic carbocycles. The summed E-state index contributed by atoms with van der Waals surface area (Å²) in [6.45, 7) is 6.41. The molecule has 100 valence electrons. The molecule has 0 atom stereocenters. The van der Waals surface area contributed by atoms with Gasteiger partial charge in [-0.15, -0.1) is 0 Å². The number of fused-ring (bicyclic) bond motifs is 1. The normalized spacial score (nSPS) is 16.8. The highest BCUT2D eigenvalue weighted by Crippen LogP contribution is 2.18. The van der Waals surface area contributed by atoms with Crippen LogP contribution in [-0.2, 0) is 6.54 Å². The van der Waals surface area contributed by atoms with E-state index in [1.54, 1.807) is 0 Å². The fourth-order valence-electron chi connectivity index (χ4n) is 2.66. The Hall–Kier alpha value is -1.42. The van der Waals surface area contributed by atoms with Crippen LogP contribution in [0.25, 0.3) is 10.8 Å². The van der Waals surface area contributed by atoms with E-state index in [1.807, 2.05) is 0 Å². The second kappa shape index (κ2) is 6.15. The monoisotopic (exact) mass is 255 g/mol. The lowest BCUT2D eigenvalue weighted by Crippen LogP contribution is -2.46. The Bertz CT molecular complexity index is 527.